The minimum atomic E-state index is -0.0193. The molecule has 2 fully saturated rings. The topological polar surface area (TPSA) is 65.5 Å². The third kappa shape index (κ3) is 3.91. The van der Waals surface area contributed by atoms with E-state index < -0.39 is 0 Å². The minimum Gasteiger partial charge on any atom is -0.371 e. The first-order chi connectivity index (χ1) is 15.0. The molecule has 1 aromatic heterocycles. The molecule has 0 bridgehead atoms. The maximum Gasteiger partial charge on any atom is 0.253 e. The van der Waals surface area contributed by atoms with E-state index in [2.05, 4.69) is 33.4 Å². The molecule has 1 aromatic carbocycles. The summed E-state index contributed by atoms with van der Waals surface area (Å²) < 4.78 is 0. The van der Waals surface area contributed by atoms with Crippen LogP contribution in [0.2, 0.25) is 0 Å². The highest BCUT2D eigenvalue weighted by Gasteiger charge is 2.42. The van der Waals surface area contributed by atoms with Crippen LogP contribution in [-0.2, 0) is 11.2 Å². The molecule has 6 heteroatoms. The van der Waals surface area contributed by atoms with Crippen LogP contribution in [0.25, 0.3) is 0 Å². The molecule has 2 aromatic rings. The molecule has 1 aliphatic carbocycles. The van der Waals surface area contributed by atoms with Gasteiger partial charge in [0.25, 0.3) is 5.91 Å². The Morgan fingerprint density at radius 2 is 1.81 bits per heavy atom. The van der Waals surface area contributed by atoms with Crippen LogP contribution in [0.1, 0.15) is 60.1 Å². The summed E-state index contributed by atoms with van der Waals surface area (Å²) in [6.45, 7) is 5.30. The number of benzene rings is 1. The summed E-state index contributed by atoms with van der Waals surface area (Å²) in [5.41, 5.74) is 4.59. The number of hydrogen-bond acceptors (Lipinski definition) is 4. The van der Waals surface area contributed by atoms with E-state index in [0.717, 1.165) is 69.4 Å². The third-order valence-electron chi connectivity index (χ3n) is 7.43. The van der Waals surface area contributed by atoms with Crippen LogP contribution in [0.4, 0.5) is 5.69 Å². The van der Waals surface area contributed by atoms with Crippen molar-refractivity contribution in [3.05, 3.63) is 59.4 Å². The summed E-state index contributed by atoms with van der Waals surface area (Å²) in [4.78, 5) is 33.4. The van der Waals surface area contributed by atoms with Crippen molar-refractivity contribution in [2.45, 2.75) is 45.1 Å². The first-order valence-electron chi connectivity index (χ1n) is 11.4. The number of anilines is 1. The Morgan fingerprint density at radius 3 is 2.55 bits per heavy atom. The molecule has 0 saturated carbocycles. The lowest BCUT2D eigenvalue weighted by Crippen LogP contribution is -2.42. The zero-order chi connectivity index (χ0) is 21.4. The van der Waals surface area contributed by atoms with E-state index in [1.165, 1.54) is 11.3 Å². The number of hydrogen-bond donors (Lipinski definition) is 1. The van der Waals surface area contributed by atoms with Gasteiger partial charge in [-0.1, -0.05) is 6.07 Å². The van der Waals surface area contributed by atoms with Gasteiger partial charge < -0.3 is 15.1 Å². The second-order valence-electron chi connectivity index (χ2n) is 9.37. The molecule has 2 amide bonds. The van der Waals surface area contributed by atoms with Gasteiger partial charge in [0.05, 0.1) is 6.04 Å². The van der Waals surface area contributed by atoms with Crippen molar-refractivity contribution in [3.8, 4) is 0 Å². The molecule has 1 spiro atoms. The number of rotatable bonds is 3. The fourth-order valence-corrected chi connectivity index (χ4v) is 5.62. The lowest BCUT2D eigenvalue weighted by Gasteiger charge is -2.40. The normalized spacial score (nSPS) is 21.9. The van der Waals surface area contributed by atoms with Crippen LogP contribution >= 0.6 is 0 Å². The monoisotopic (exact) mass is 418 g/mol. The summed E-state index contributed by atoms with van der Waals surface area (Å²) in [6, 6.07) is 10.2. The Hall–Kier alpha value is -2.89. The van der Waals surface area contributed by atoms with Gasteiger partial charge in [0.15, 0.2) is 0 Å². The molecule has 1 N–H and O–H groups in total. The van der Waals surface area contributed by atoms with Gasteiger partial charge in [-0.25, -0.2) is 0 Å². The Morgan fingerprint density at radius 1 is 1.06 bits per heavy atom. The number of piperidine rings is 1. The van der Waals surface area contributed by atoms with Crippen molar-refractivity contribution < 1.29 is 9.59 Å². The molecule has 162 valence electrons. The van der Waals surface area contributed by atoms with Crippen molar-refractivity contribution in [1.82, 2.24) is 15.2 Å². The number of pyridine rings is 1. The van der Waals surface area contributed by atoms with Gasteiger partial charge >= 0.3 is 0 Å². The van der Waals surface area contributed by atoms with E-state index in [1.807, 2.05) is 29.4 Å². The van der Waals surface area contributed by atoms with Gasteiger partial charge in [-0.15, -0.1) is 0 Å². The fraction of sp³-hybridized carbons (Fsp3) is 0.480. The van der Waals surface area contributed by atoms with Crippen LogP contribution < -0.4 is 10.2 Å². The Bertz CT molecular complexity index is 982. The van der Waals surface area contributed by atoms with Crippen molar-refractivity contribution in [3.63, 3.8) is 0 Å². The quantitative estimate of drug-likeness (QED) is 0.830. The first kappa shape index (κ1) is 20.0. The average molecular weight is 419 g/mol. The van der Waals surface area contributed by atoms with E-state index in [9.17, 15) is 9.59 Å². The van der Waals surface area contributed by atoms with Crippen LogP contribution in [-0.4, -0.2) is 47.9 Å². The van der Waals surface area contributed by atoms with Crippen LogP contribution in [0.5, 0.6) is 0 Å². The third-order valence-corrected chi connectivity index (χ3v) is 7.43. The van der Waals surface area contributed by atoms with E-state index in [4.69, 9.17) is 0 Å². The molecule has 2 aliphatic heterocycles. The largest absolute Gasteiger partial charge is 0.371 e. The van der Waals surface area contributed by atoms with Gasteiger partial charge in [-0.2, -0.15) is 0 Å². The van der Waals surface area contributed by atoms with E-state index >= 15 is 0 Å². The smallest absolute Gasteiger partial charge is 0.253 e. The molecule has 1 unspecified atom stereocenters. The summed E-state index contributed by atoms with van der Waals surface area (Å²) in [7, 11) is 0. The predicted molar refractivity (Wildman–Crippen MR) is 120 cm³/mol. The van der Waals surface area contributed by atoms with Crippen molar-refractivity contribution >= 4 is 17.5 Å². The molecule has 3 aliphatic rings. The Balaban J connectivity index is 1.25. The molecular formula is C25H30N4O2. The van der Waals surface area contributed by atoms with Gasteiger partial charge in [-0.05, 0) is 72.9 Å². The molecule has 2 saturated heterocycles. The lowest BCUT2D eigenvalue weighted by atomic mass is 9.77. The van der Waals surface area contributed by atoms with Gasteiger partial charge in [0.1, 0.15) is 0 Å². The van der Waals surface area contributed by atoms with Crippen LogP contribution in [0, 0.1) is 5.41 Å². The van der Waals surface area contributed by atoms with Crippen LogP contribution in [0.3, 0.4) is 0 Å². The standard InChI is InChI=1S/C25H30N4O2/c1-18(30)27-23-5-4-19-2-3-20(16-22(19)23)24(31)29-15-10-25(17-29)8-13-28(14-9-25)21-6-11-26-12-7-21/h2-3,6-7,11-12,16,23H,4-5,8-10,13-15,17H2,1H3,(H,27,30). The molecule has 1 atom stereocenters. The maximum absolute atomic E-state index is 13.3. The number of aryl methyl sites for hydroxylation is 1. The second-order valence-corrected chi connectivity index (χ2v) is 9.37. The number of nitrogens with zero attached hydrogens (tertiary/aromatic N) is 3. The van der Waals surface area contributed by atoms with Crippen molar-refractivity contribution in [1.29, 1.82) is 0 Å². The lowest BCUT2D eigenvalue weighted by molar-refractivity contribution is -0.119. The highest BCUT2D eigenvalue weighted by Crippen LogP contribution is 2.42. The van der Waals surface area contributed by atoms with Gasteiger partial charge in [0, 0.05) is 56.7 Å². The summed E-state index contributed by atoms with van der Waals surface area (Å²) in [5.74, 6) is 0.110. The first-order valence-corrected chi connectivity index (χ1v) is 11.4. The van der Waals surface area contributed by atoms with E-state index in [1.54, 1.807) is 6.92 Å². The van der Waals surface area contributed by atoms with Gasteiger partial charge in [-0.3, -0.25) is 14.6 Å². The second kappa shape index (κ2) is 7.98. The predicted octanol–water partition coefficient (Wildman–Crippen LogP) is 3.34. The Kier molecular flexibility index (Phi) is 5.16. The number of carbonyl (C=O) groups is 2. The Labute approximate surface area is 183 Å². The number of nitrogens with one attached hydrogen (secondary N) is 1. The molecule has 0 radical (unpaired) electrons. The SMILES string of the molecule is CC(=O)NC1CCc2ccc(C(=O)N3CCC4(CCN(c5ccncc5)CC4)C3)cc21. The summed E-state index contributed by atoms with van der Waals surface area (Å²) in [5, 5.41) is 3.03. The highest BCUT2D eigenvalue weighted by atomic mass is 16.2. The molecular weight excluding hydrogens is 388 g/mol. The molecule has 31 heavy (non-hydrogen) atoms. The average Bonchev–Trinajstić information content (AvgIpc) is 3.38. The number of amides is 2. The van der Waals surface area contributed by atoms with Gasteiger partial charge in [0.2, 0.25) is 5.91 Å². The number of carbonyl (C=O) groups excluding carboxylic acids is 2. The van der Waals surface area contributed by atoms with Crippen molar-refractivity contribution in [2.24, 2.45) is 5.41 Å². The zero-order valence-corrected chi connectivity index (χ0v) is 18.1. The molecule has 5 rings (SSSR count). The van der Waals surface area contributed by atoms with Crippen LogP contribution in [0.15, 0.2) is 42.7 Å². The van der Waals surface area contributed by atoms with Crippen molar-refractivity contribution in [2.75, 3.05) is 31.1 Å². The molecule has 6 nitrogen and oxygen atoms in total. The highest BCUT2D eigenvalue weighted by molar-refractivity contribution is 5.95. The zero-order valence-electron chi connectivity index (χ0n) is 18.1. The maximum atomic E-state index is 13.3. The number of aromatic nitrogens is 1. The molecule has 3 heterocycles. The summed E-state index contributed by atoms with van der Waals surface area (Å²) in [6.07, 6.45) is 8.89. The van der Waals surface area contributed by atoms with E-state index in [0.29, 0.717) is 0 Å². The van der Waals surface area contributed by atoms with E-state index in [-0.39, 0.29) is 23.3 Å². The summed E-state index contributed by atoms with van der Waals surface area (Å²) >= 11 is 0. The number of likely N-dealkylation sites (tertiary alicyclic amines) is 1. The number of fused-ring (bicyclic) bond motifs is 1. The fourth-order valence-electron chi connectivity index (χ4n) is 5.62. The minimum absolute atomic E-state index is 0.0193.